The van der Waals surface area contributed by atoms with Crippen LogP contribution >= 0.6 is 38.9 Å². The van der Waals surface area contributed by atoms with E-state index >= 15 is 0 Å². The van der Waals surface area contributed by atoms with Crippen molar-refractivity contribution >= 4 is 38.9 Å². The number of thiophene rings is 1. The summed E-state index contributed by atoms with van der Waals surface area (Å²) in [6.07, 6.45) is 0.938. The van der Waals surface area contributed by atoms with E-state index in [1.165, 1.54) is 10.9 Å². The van der Waals surface area contributed by atoms with Gasteiger partial charge < -0.3 is 5.32 Å². The van der Waals surface area contributed by atoms with Crippen LogP contribution in [0, 0.1) is 5.82 Å². The van der Waals surface area contributed by atoms with Crippen LogP contribution in [0.15, 0.2) is 34.8 Å². The Balaban J connectivity index is 1.78. The zero-order valence-corrected chi connectivity index (χ0v) is 12.7. The van der Waals surface area contributed by atoms with Gasteiger partial charge in [-0.15, -0.1) is 11.3 Å². The molecule has 18 heavy (non-hydrogen) atoms. The number of hydrogen-bond donors (Lipinski definition) is 1. The molecule has 0 radical (unpaired) electrons. The minimum Gasteiger partial charge on any atom is -0.312 e. The molecule has 2 rings (SSSR count). The fourth-order valence-corrected chi connectivity index (χ4v) is 3.24. The van der Waals surface area contributed by atoms with Gasteiger partial charge in [-0.3, -0.25) is 0 Å². The summed E-state index contributed by atoms with van der Waals surface area (Å²) in [5.74, 6) is -0.216. The Kier molecular flexibility index (Phi) is 5.18. The molecule has 1 N–H and O–H groups in total. The van der Waals surface area contributed by atoms with Crippen LogP contribution in [0.5, 0.6) is 0 Å². The lowest BCUT2D eigenvalue weighted by molar-refractivity contribution is 0.619. The molecular formula is C13H12BrClFNS. The average molecular weight is 349 g/mol. The largest absolute Gasteiger partial charge is 0.312 e. The van der Waals surface area contributed by atoms with Crippen LogP contribution in [0.4, 0.5) is 4.39 Å². The minimum atomic E-state index is -0.216. The van der Waals surface area contributed by atoms with Crippen LogP contribution < -0.4 is 5.32 Å². The third kappa shape index (κ3) is 4.35. The Labute approximate surface area is 123 Å². The van der Waals surface area contributed by atoms with Gasteiger partial charge in [-0.1, -0.05) is 27.5 Å². The summed E-state index contributed by atoms with van der Waals surface area (Å²) in [6.45, 7) is 1.51. The van der Waals surface area contributed by atoms with Crippen molar-refractivity contribution in [3.63, 3.8) is 0 Å². The van der Waals surface area contributed by atoms with Crippen molar-refractivity contribution in [3.05, 3.63) is 55.4 Å². The summed E-state index contributed by atoms with van der Waals surface area (Å²) in [7, 11) is 0. The van der Waals surface area contributed by atoms with Crippen molar-refractivity contribution in [3.8, 4) is 0 Å². The molecule has 5 heteroatoms. The Morgan fingerprint density at radius 1 is 1.28 bits per heavy atom. The highest BCUT2D eigenvalue weighted by Gasteiger charge is 2.00. The standard InChI is InChI=1S/C13H12BrClFNS/c14-10-5-9(6-11(16)7-10)8-17-4-3-12-1-2-13(15)18-12/h1-2,5-7,17H,3-4,8H2. The molecule has 1 aromatic carbocycles. The van der Waals surface area contributed by atoms with Gasteiger partial charge in [0.25, 0.3) is 0 Å². The summed E-state index contributed by atoms with van der Waals surface area (Å²) < 4.78 is 14.7. The molecule has 0 saturated carbocycles. The van der Waals surface area contributed by atoms with Gasteiger partial charge in [0, 0.05) is 22.4 Å². The third-order valence-electron chi connectivity index (χ3n) is 2.43. The molecule has 96 valence electrons. The van der Waals surface area contributed by atoms with Crippen LogP contribution in [0.25, 0.3) is 0 Å². The third-order valence-corrected chi connectivity index (χ3v) is 4.18. The number of hydrogen-bond acceptors (Lipinski definition) is 2. The van der Waals surface area contributed by atoms with Gasteiger partial charge in [0.2, 0.25) is 0 Å². The normalized spacial score (nSPS) is 10.8. The molecule has 0 aliphatic heterocycles. The zero-order chi connectivity index (χ0) is 13.0. The van der Waals surface area contributed by atoms with Gasteiger partial charge in [0.1, 0.15) is 5.82 Å². The number of rotatable bonds is 5. The second kappa shape index (κ2) is 6.66. The average Bonchev–Trinajstić information content (AvgIpc) is 2.69. The van der Waals surface area contributed by atoms with Crippen molar-refractivity contribution in [2.75, 3.05) is 6.54 Å². The van der Waals surface area contributed by atoms with E-state index in [1.807, 2.05) is 18.2 Å². The maximum absolute atomic E-state index is 13.1. The van der Waals surface area contributed by atoms with Gasteiger partial charge in [-0.25, -0.2) is 4.39 Å². The van der Waals surface area contributed by atoms with E-state index in [1.54, 1.807) is 17.4 Å². The Bertz CT molecular complexity index is 509. The molecule has 0 saturated heterocycles. The molecule has 0 aliphatic carbocycles. The van der Waals surface area contributed by atoms with Crippen LogP contribution in [-0.4, -0.2) is 6.54 Å². The van der Waals surface area contributed by atoms with E-state index in [0.29, 0.717) is 6.54 Å². The molecule has 0 bridgehead atoms. The van der Waals surface area contributed by atoms with Crippen molar-refractivity contribution in [2.24, 2.45) is 0 Å². The Hall–Kier alpha value is -0.420. The summed E-state index contributed by atoms with van der Waals surface area (Å²) in [6, 6.07) is 8.85. The first kappa shape index (κ1) is 14.0. The SMILES string of the molecule is Fc1cc(Br)cc(CNCCc2ccc(Cl)s2)c1. The van der Waals surface area contributed by atoms with E-state index in [9.17, 15) is 4.39 Å². The van der Waals surface area contributed by atoms with Crippen LogP contribution in [0.3, 0.4) is 0 Å². The monoisotopic (exact) mass is 347 g/mol. The minimum absolute atomic E-state index is 0.216. The lowest BCUT2D eigenvalue weighted by Crippen LogP contribution is -2.16. The van der Waals surface area contributed by atoms with Crippen molar-refractivity contribution in [2.45, 2.75) is 13.0 Å². The molecule has 0 atom stereocenters. The zero-order valence-electron chi connectivity index (χ0n) is 9.55. The van der Waals surface area contributed by atoms with Crippen LogP contribution in [0.1, 0.15) is 10.4 Å². The molecule has 1 aromatic heterocycles. The predicted molar refractivity (Wildman–Crippen MR) is 78.8 cm³/mol. The highest BCUT2D eigenvalue weighted by molar-refractivity contribution is 9.10. The topological polar surface area (TPSA) is 12.0 Å². The van der Waals surface area contributed by atoms with Crippen molar-refractivity contribution < 1.29 is 4.39 Å². The summed E-state index contributed by atoms with van der Waals surface area (Å²) in [5.41, 5.74) is 0.936. The smallest absolute Gasteiger partial charge is 0.124 e. The molecule has 0 aliphatic rings. The number of halogens is 3. The molecule has 0 amide bonds. The maximum atomic E-state index is 13.1. The summed E-state index contributed by atoms with van der Waals surface area (Å²) in [4.78, 5) is 1.26. The number of nitrogens with one attached hydrogen (secondary N) is 1. The maximum Gasteiger partial charge on any atom is 0.124 e. The molecule has 0 unspecified atom stereocenters. The van der Waals surface area contributed by atoms with E-state index in [0.717, 1.165) is 27.3 Å². The van der Waals surface area contributed by atoms with Crippen LogP contribution in [-0.2, 0) is 13.0 Å². The van der Waals surface area contributed by atoms with Gasteiger partial charge in [-0.2, -0.15) is 0 Å². The second-order valence-electron chi connectivity index (χ2n) is 3.91. The molecule has 2 aromatic rings. The van der Waals surface area contributed by atoms with Crippen molar-refractivity contribution in [1.29, 1.82) is 0 Å². The van der Waals surface area contributed by atoms with Crippen molar-refractivity contribution in [1.82, 2.24) is 5.32 Å². The second-order valence-corrected chi connectivity index (χ2v) is 6.63. The van der Waals surface area contributed by atoms with Crippen LogP contribution in [0.2, 0.25) is 4.34 Å². The Morgan fingerprint density at radius 2 is 2.11 bits per heavy atom. The summed E-state index contributed by atoms with van der Waals surface area (Å²) in [5, 5.41) is 3.29. The van der Waals surface area contributed by atoms with E-state index in [4.69, 9.17) is 11.6 Å². The van der Waals surface area contributed by atoms with E-state index in [-0.39, 0.29) is 5.82 Å². The van der Waals surface area contributed by atoms with Gasteiger partial charge in [-0.05, 0) is 42.3 Å². The molecule has 0 fully saturated rings. The van der Waals surface area contributed by atoms with Gasteiger partial charge >= 0.3 is 0 Å². The van der Waals surface area contributed by atoms with E-state index in [2.05, 4.69) is 21.2 Å². The molecular weight excluding hydrogens is 337 g/mol. The first-order chi connectivity index (χ1) is 8.63. The molecule has 0 spiro atoms. The fourth-order valence-electron chi connectivity index (χ4n) is 1.64. The van der Waals surface area contributed by atoms with Gasteiger partial charge in [0.05, 0.1) is 4.34 Å². The van der Waals surface area contributed by atoms with Gasteiger partial charge in [0.15, 0.2) is 0 Å². The molecule has 1 heterocycles. The first-order valence-electron chi connectivity index (χ1n) is 5.53. The summed E-state index contributed by atoms with van der Waals surface area (Å²) >= 11 is 10.7. The lowest BCUT2D eigenvalue weighted by Gasteiger charge is -2.05. The highest BCUT2D eigenvalue weighted by atomic mass is 79.9. The molecule has 1 nitrogen and oxygen atoms in total. The number of benzene rings is 1. The first-order valence-corrected chi connectivity index (χ1v) is 7.52. The lowest BCUT2D eigenvalue weighted by atomic mass is 10.2. The quantitative estimate of drug-likeness (QED) is 0.777. The van der Waals surface area contributed by atoms with E-state index < -0.39 is 0 Å². The predicted octanol–water partition coefficient (Wildman–Crippen LogP) is 4.64. The fraction of sp³-hybridized carbons (Fsp3) is 0.231. The highest BCUT2D eigenvalue weighted by Crippen LogP contribution is 2.21. The Morgan fingerprint density at radius 3 is 2.78 bits per heavy atom.